The van der Waals surface area contributed by atoms with E-state index < -0.39 is 18.3 Å². The standard InChI is InChI=1S/C31H50N4O6/c1-2-3-4-5-6-7-8-9-10-11-12-13-14-15-17-22-33-30(36)38-25-28(41-29-20-23-40-35-29)26-39-31(37)34-24-27-19-16-18-21-32-27/h16,18-21,23,28H,2-15,17,22,24-26H2,1H3,(H,33,36)(H,34,37)/t28-/m0/s1. The predicted molar refractivity (Wildman–Crippen MR) is 158 cm³/mol. The first kappa shape index (κ1) is 33.9. The molecule has 0 fully saturated rings. The van der Waals surface area contributed by atoms with Crippen molar-refractivity contribution in [1.29, 1.82) is 0 Å². The molecule has 2 aromatic heterocycles. The third-order valence-electron chi connectivity index (χ3n) is 6.69. The summed E-state index contributed by atoms with van der Waals surface area (Å²) in [6.45, 7) is 2.78. The molecule has 0 bridgehead atoms. The summed E-state index contributed by atoms with van der Waals surface area (Å²) in [7, 11) is 0. The second-order valence-corrected chi connectivity index (χ2v) is 10.3. The summed E-state index contributed by atoms with van der Waals surface area (Å²) in [5, 5.41) is 9.08. The molecule has 2 N–H and O–H groups in total. The molecule has 0 aliphatic heterocycles. The molecule has 0 aliphatic carbocycles. The number of hydrogen-bond donors (Lipinski definition) is 2. The SMILES string of the molecule is CCCCCCCCCCCCCCCCCNC(=O)OC[C@@H](COC(=O)NCc1ccccn1)Oc1ccon1. The number of alkyl carbamates (subject to hydrolysis) is 2. The number of aromatic nitrogens is 2. The van der Waals surface area contributed by atoms with Gasteiger partial charge < -0.3 is 29.4 Å². The predicted octanol–water partition coefficient (Wildman–Crippen LogP) is 7.34. The molecule has 10 nitrogen and oxygen atoms in total. The largest absolute Gasteiger partial charge is 0.465 e. The van der Waals surface area contributed by atoms with E-state index in [1.165, 1.54) is 95.8 Å². The molecule has 2 aromatic rings. The van der Waals surface area contributed by atoms with Crippen LogP contribution in [-0.2, 0) is 16.0 Å². The van der Waals surface area contributed by atoms with Crippen molar-refractivity contribution >= 4 is 12.2 Å². The fraction of sp³-hybridized carbons (Fsp3) is 0.677. The van der Waals surface area contributed by atoms with E-state index in [9.17, 15) is 9.59 Å². The Hall–Kier alpha value is -3.30. The Morgan fingerprint density at radius 3 is 1.90 bits per heavy atom. The third-order valence-corrected chi connectivity index (χ3v) is 6.69. The number of nitrogens with zero attached hydrogens (tertiary/aromatic N) is 2. The monoisotopic (exact) mass is 574 g/mol. The van der Waals surface area contributed by atoms with Gasteiger partial charge in [-0.25, -0.2) is 9.59 Å². The first-order valence-corrected chi connectivity index (χ1v) is 15.5. The number of ether oxygens (including phenoxy) is 3. The lowest BCUT2D eigenvalue weighted by molar-refractivity contribution is 0.0323. The van der Waals surface area contributed by atoms with Gasteiger partial charge in [0.15, 0.2) is 6.10 Å². The highest BCUT2D eigenvalue weighted by Gasteiger charge is 2.18. The van der Waals surface area contributed by atoms with Gasteiger partial charge in [-0.2, -0.15) is 0 Å². The Bertz CT molecular complexity index is 897. The minimum absolute atomic E-state index is 0.120. The van der Waals surface area contributed by atoms with Crippen molar-refractivity contribution in [1.82, 2.24) is 20.8 Å². The van der Waals surface area contributed by atoms with Gasteiger partial charge in [0.2, 0.25) is 0 Å². The average molecular weight is 575 g/mol. The maximum Gasteiger partial charge on any atom is 0.407 e. The number of rotatable bonds is 24. The number of amides is 2. The summed E-state index contributed by atoms with van der Waals surface area (Å²) < 4.78 is 20.9. The lowest BCUT2D eigenvalue weighted by Gasteiger charge is -2.17. The summed E-state index contributed by atoms with van der Waals surface area (Å²) in [5.74, 6) is 0.203. The van der Waals surface area contributed by atoms with E-state index in [0.717, 1.165) is 12.8 Å². The molecule has 0 aliphatic rings. The number of carbonyl (C=O) groups is 2. The Labute approximate surface area is 245 Å². The van der Waals surface area contributed by atoms with Crippen LogP contribution < -0.4 is 15.4 Å². The highest BCUT2D eigenvalue weighted by Crippen LogP contribution is 2.13. The molecule has 0 saturated heterocycles. The summed E-state index contributed by atoms with van der Waals surface area (Å²) in [6.07, 6.45) is 20.5. The fourth-order valence-electron chi connectivity index (χ4n) is 4.34. The van der Waals surface area contributed by atoms with E-state index in [1.54, 1.807) is 18.3 Å². The Morgan fingerprint density at radius 1 is 0.780 bits per heavy atom. The first-order chi connectivity index (χ1) is 20.2. The molecular weight excluding hydrogens is 524 g/mol. The molecule has 41 heavy (non-hydrogen) atoms. The molecule has 1 atom stereocenters. The highest BCUT2D eigenvalue weighted by atomic mass is 16.6. The molecule has 2 heterocycles. The Kier molecular flexibility index (Phi) is 19.4. The Morgan fingerprint density at radius 2 is 1.37 bits per heavy atom. The van der Waals surface area contributed by atoms with Gasteiger partial charge in [-0.05, 0) is 23.7 Å². The van der Waals surface area contributed by atoms with E-state index in [2.05, 4.69) is 27.7 Å². The van der Waals surface area contributed by atoms with Crippen LogP contribution in [0.4, 0.5) is 9.59 Å². The smallest absolute Gasteiger partial charge is 0.407 e. The van der Waals surface area contributed by atoms with E-state index >= 15 is 0 Å². The zero-order chi connectivity index (χ0) is 29.2. The fourth-order valence-corrected chi connectivity index (χ4v) is 4.34. The maximum atomic E-state index is 12.1. The molecule has 0 saturated carbocycles. The number of carbonyl (C=O) groups excluding carboxylic acids is 2. The lowest BCUT2D eigenvalue weighted by atomic mass is 10.0. The van der Waals surface area contributed by atoms with Crippen LogP contribution in [0.2, 0.25) is 0 Å². The number of nitrogens with one attached hydrogen (secondary N) is 2. The van der Waals surface area contributed by atoms with Crippen LogP contribution in [0.3, 0.4) is 0 Å². The van der Waals surface area contributed by atoms with Crippen LogP contribution in [0, 0.1) is 0 Å². The van der Waals surface area contributed by atoms with Crippen molar-refractivity contribution in [3.8, 4) is 5.88 Å². The van der Waals surface area contributed by atoms with Gasteiger partial charge in [-0.15, -0.1) is 0 Å². The van der Waals surface area contributed by atoms with Gasteiger partial charge in [0.05, 0.1) is 12.2 Å². The summed E-state index contributed by atoms with van der Waals surface area (Å²) in [6, 6.07) is 6.94. The molecule has 230 valence electrons. The van der Waals surface area contributed by atoms with Crippen LogP contribution >= 0.6 is 0 Å². The number of unbranched alkanes of at least 4 members (excludes halogenated alkanes) is 14. The van der Waals surface area contributed by atoms with E-state index in [4.69, 9.17) is 18.7 Å². The zero-order valence-corrected chi connectivity index (χ0v) is 24.8. The van der Waals surface area contributed by atoms with Gasteiger partial charge in [-0.3, -0.25) is 4.98 Å². The molecule has 10 heteroatoms. The Balaban J connectivity index is 1.47. The normalized spacial score (nSPS) is 11.5. The molecule has 0 radical (unpaired) electrons. The lowest BCUT2D eigenvalue weighted by Crippen LogP contribution is -2.36. The van der Waals surface area contributed by atoms with Crippen molar-refractivity contribution in [3.05, 3.63) is 42.4 Å². The van der Waals surface area contributed by atoms with Gasteiger partial charge in [0.25, 0.3) is 5.88 Å². The van der Waals surface area contributed by atoms with Crippen LogP contribution in [0.5, 0.6) is 5.88 Å². The van der Waals surface area contributed by atoms with Crippen LogP contribution in [0.1, 0.15) is 109 Å². The summed E-state index contributed by atoms with van der Waals surface area (Å²) >= 11 is 0. The number of pyridine rings is 1. The summed E-state index contributed by atoms with van der Waals surface area (Å²) in [4.78, 5) is 28.4. The van der Waals surface area contributed by atoms with E-state index in [1.807, 2.05) is 6.07 Å². The van der Waals surface area contributed by atoms with E-state index in [-0.39, 0.29) is 25.6 Å². The molecular formula is C31H50N4O6. The minimum Gasteiger partial charge on any atom is -0.465 e. The third kappa shape index (κ3) is 18.6. The molecule has 0 unspecified atom stereocenters. The molecule has 2 rings (SSSR count). The van der Waals surface area contributed by atoms with Crippen molar-refractivity contribution in [2.75, 3.05) is 19.8 Å². The van der Waals surface area contributed by atoms with Gasteiger partial charge >= 0.3 is 12.2 Å². The first-order valence-electron chi connectivity index (χ1n) is 15.5. The van der Waals surface area contributed by atoms with Gasteiger partial charge in [-0.1, -0.05) is 103 Å². The van der Waals surface area contributed by atoms with Crippen molar-refractivity contribution in [3.63, 3.8) is 0 Å². The van der Waals surface area contributed by atoms with Crippen molar-refractivity contribution in [2.24, 2.45) is 0 Å². The second-order valence-electron chi connectivity index (χ2n) is 10.3. The van der Waals surface area contributed by atoms with E-state index in [0.29, 0.717) is 12.2 Å². The van der Waals surface area contributed by atoms with Crippen LogP contribution in [0.15, 0.2) is 41.2 Å². The zero-order valence-electron chi connectivity index (χ0n) is 24.8. The van der Waals surface area contributed by atoms with Crippen LogP contribution in [-0.4, -0.2) is 48.2 Å². The average Bonchev–Trinajstić information content (AvgIpc) is 3.51. The van der Waals surface area contributed by atoms with Gasteiger partial charge in [0, 0.05) is 18.8 Å². The highest BCUT2D eigenvalue weighted by molar-refractivity contribution is 5.67. The van der Waals surface area contributed by atoms with Crippen molar-refractivity contribution in [2.45, 2.75) is 116 Å². The quantitative estimate of drug-likeness (QED) is 0.125. The van der Waals surface area contributed by atoms with Gasteiger partial charge in [0.1, 0.15) is 19.5 Å². The second kappa shape index (κ2) is 23.4. The van der Waals surface area contributed by atoms with Crippen LogP contribution in [0.25, 0.3) is 0 Å². The minimum atomic E-state index is -0.753. The topological polar surface area (TPSA) is 125 Å². The number of hydrogen-bond acceptors (Lipinski definition) is 8. The summed E-state index contributed by atoms with van der Waals surface area (Å²) in [5.41, 5.74) is 0.703. The maximum absolute atomic E-state index is 12.1. The van der Waals surface area contributed by atoms with Crippen molar-refractivity contribution < 1.29 is 28.3 Å². The molecule has 2 amide bonds. The molecule has 0 aromatic carbocycles. The molecule has 0 spiro atoms.